The van der Waals surface area contributed by atoms with Crippen LogP contribution in [-0.4, -0.2) is 35.6 Å². The van der Waals surface area contributed by atoms with Crippen molar-refractivity contribution in [3.8, 4) is 0 Å². The van der Waals surface area contributed by atoms with Crippen molar-refractivity contribution < 1.29 is 19.4 Å². The van der Waals surface area contributed by atoms with Gasteiger partial charge in [0.1, 0.15) is 6.04 Å². The van der Waals surface area contributed by atoms with E-state index in [1.807, 2.05) is 0 Å². The summed E-state index contributed by atoms with van der Waals surface area (Å²) in [6.07, 6.45) is -1.01. The van der Waals surface area contributed by atoms with Gasteiger partial charge < -0.3 is 15.6 Å². The van der Waals surface area contributed by atoms with Gasteiger partial charge in [0.25, 0.3) is 0 Å². The highest BCUT2D eigenvalue weighted by atomic mass is 16.5. The second-order valence-corrected chi connectivity index (χ2v) is 3.66. The number of ketones is 1. The first-order valence-electron chi connectivity index (χ1n) is 5.21. The number of carbonyl (C=O) groups is 2. The third-order valence-electron chi connectivity index (χ3n) is 2.23. The van der Waals surface area contributed by atoms with Crippen LogP contribution in [0.3, 0.4) is 0 Å². The fraction of sp³-hybridized carbons (Fsp3) is 0.333. The molecule has 5 nitrogen and oxygen atoms in total. The molecule has 1 aromatic rings. The minimum Gasteiger partial charge on any atom is -0.456 e. The van der Waals surface area contributed by atoms with E-state index in [-0.39, 0.29) is 12.4 Å². The van der Waals surface area contributed by atoms with E-state index in [1.54, 1.807) is 30.3 Å². The molecule has 17 heavy (non-hydrogen) atoms. The van der Waals surface area contributed by atoms with Crippen molar-refractivity contribution in [3.05, 3.63) is 35.9 Å². The summed E-state index contributed by atoms with van der Waals surface area (Å²) >= 11 is 0. The molecule has 0 amide bonds. The van der Waals surface area contributed by atoms with Crippen molar-refractivity contribution in [3.63, 3.8) is 0 Å². The molecular weight excluding hydrogens is 222 g/mol. The molecular formula is C12H15NO4. The maximum atomic E-state index is 11.6. The fourth-order valence-corrected chi connectivity index (χ4v) is 1.14. The highest BCUT2D eigenvalue weighted by Crippen LogP contribution is 2.01. The fourth-order valence-electron chi connectivity index (χ4n) is 1.14. The Morgan fingerprint density at radius 2 is 1.94 bits per heavy atom. The molecule has 0 aliphatic carbocycles. The van der Waals surface area contributed by atoms with Gasteiger partial charge in [0.2, 0.25) is 0 Å². The van der Waals surface area contributed by atoms with Crippen LogP contribution in [0.2, 0.25) is 0 Å². The molecule has 0 spiro atoms. The lowest BCUT2D eigenvalue weighted by Crippen LogP contribution is -2.42. The second kappa shape index (κ2) is 6.12. The molecule has 0 heterocycles. The first-order chi connectivity index (χ1) is 8.02. The Labute approximate surface area is 99.2 Å². The Morgan fingerprint density at radius 3 is 2.47 bits per heavy atom. The Morgan fingerprint density at radius 1 is 1.35 bits per heavy atom. The summed E-state index contributed by atoms with van der Waals surface area (Å²) in [5, 5.41) is 9.06. The molecule has 2 atom stereocenters. The van der Waals surface area contributed by atoms with E-state index in [0.717, 1.165) is 0 Å². The van der Waals surface area contributed by atoms with Crippen LogP contribution in [0.4, 0.5) is 0 Å². The Kier molecular flexibility index (Phi) is 4.81. The van der Waals surface area contributed by atoms with E-state index >= 15 is 0 Å². The van der Waals surface area contributed by atoms with Crippen LogP contribution in [0.5, 0.6) is 0 Å². The Bertz CT molecular complexity index is 389. The summed E-state index contributed by atoms with van der Waals surface area (Å²) in [7, 11) is 0. The summed E-state index contributed by atoms with van der Waals surface area (Å²) in [4.78, 5) is 22.8. The van der Waals surface area contributed by atoms with Crippen molar-refractivity contribution in [1.82, 2.24) is 0 Å². The first-order valence-corrected chi connectivity index (χ1v) is 5.21. The average molecular weight is 237 g/mol. The number of nitrogens with two attached hydrogens (primary N) is 1. The molecule has 0 aliphatic heterocycles. The van der Waals surface area contributed by atoms with Gasteiger partial charge >= 0.3 is 5.97 Å². The number of aliphatic hydroxyl groups is 1. The van der Waals surface area contributed by atoms with Gasteiger partial charge in [-0.25, -0.2) is 0 Å². The van der Waals surface area contributed by atoms with Crippen molar-refractivity contribution in [2.75, 3.05) is 6.61 Å². The predicted octanol–water partition coefficient (Wildman–Crippen LogP) is 0.121. The predicted molar refractivity (Wildman–Crippen MR) is 61.4 cm³/mol. The third kappa shape index (κ3) is 3.97. The first kappa shape index (κ1) is 13.3. The minimum atomic E-state index is -1.13. The summed E-state index contributed by atoms with van der Waals surface area (Å²) in [6.45, 7) is 1.01. The van der Waals surface area contributed by atoms with Crippen LogP contribution in [0.1, 0.15) is 17.3 Å². The van der Waals surface area contributed by atoms with Crippen molar-refractivity contribution >= 4 is 11.8 Å². The highest BCUT2D eigenvalue weighted by Gasteiger charge is 2.21. The van der Waals surface area contributed by atoms with Gasteiger partial charge in [-0.1, -0.05) is 30.3 Å². The van der Waals surface area contributed by atoms with E-state index < -0.39 is 18.1 Å². The van der Waals surface area contributed by atoms with Crippen LogP contribution < -0.4 is 5.73 Å². The zero-order valence-corrected chi connectivity index (χ0v) is 9.50. The summed E-state index contributed by atoms with van der Waals surface area (Å²) in [5.41, 5.74) is 5.81. The largest absolute Gasteiger partial charge is 0.456 e. The van der Waals surface area contributed by atoms with Crippen molar-refractivity contribution in [2.45, 2.75) is 19.1 Å². The summed E-state index contributed by atoms with van der Waals surface area (Å²) in [5.74, 6) is -1.10. The molecule has 3 N–H and O–H groups in total. The van der Waals surface area contributed by atoms with Gasteiger partial charge in [0, 0.05) is 5.56 Å². The molecule has 0 saturated heterocycles. The molecule has 0 aliphatic rings. The zero-order valence-electron chi connectivity index (χ0n) is 9.50. The number of carbonyl (C=O) groups excluding carboxylic acids is 2. The second-order valence-electron chi connectivity index (χ2n) is 3.66. The Hall–Kier alpha value is -1.72. The number of hydrogen-bond donors (Lipinski definition) is 2. The standard InChI is InChI=1S/C12H15NO4/c1-8(14)11(13)12(16)17-7-10(15)9-5-3-2-4-6-9/h2-6,8,11,14H,7,13H2,1H3. The number of benzene rings is 1. The lowest BCUT2D eigenvalue weighted by molar-refractivity contribution is -0.146. The lowest BCUT2D eigenvalue weighted by Gasteiger charge is -2.13. The quantitative estimate of drug-likeness (QED) is 0.561. The molecule has 0 saturated carbocycles. The molecule has 2 unspecified atom stereocenters. The lowest BCUT2D eigenvalue weighted by atomic mass is 10.1. The molecule has 0 aromatic heterocycles. The van der Waals surface area contributed by atoms with Crippen LogP contribution in [-0.2, 0) is 9.53 Å². The number of aliphatic hydroxyl groups excluding tert-OH is 1. The SMILES string of the molecule is CC(O)C(N)C(=O)OCC(=O)c1ccccc1. The highest BCUT2D eigenvalue weighted by molar-refractivity contribution is 5.98. The number of hydrogen-bond acceptors (Lipinski definition) is 5. The Balaban J connectivity index is 2.47. The van der Waals surface area contributed by atoms with Crippen LogP contribution in [0.15, 0.2) is 30.3 Å². The van der Waals surface area contributed by atoms with E-state index in [4.69, 9.17) is 15.6 Å². The van der Waals surface area contributed by atoms with Gasteiger partial charge in [-0.15, -0.1) is 0 Å². The maximum absolute atomic E-state index is 11.6. The monoisotopic (exact) mass is 237 g/mol. The normalized spacial score (nSPS) is 13.8. The topological polar surface area (TPSA) is 89.6 Å². The van der Waals surface area contributed by atoms with Gasteiger partial charge in [-0.2, -0.15) is 0 Å². The molecule has 0 radical (unpaired) electrons. The average Bonchev–Trinajstić information content (AvgIpc) is 2.35. The number of Topliss-reactive ketones (excluding diaryl/α,β-unsaturated/α-hetero) is 1. The number of rotatable bonds is 5. The van der Waals surface area contributed by atoms with Gasteiger partial charge in [0.05, 0.1) is 6.10 Å². The maximum Gasteiger partial charge on any atom is 0.326 e. The van der Waals surface area contributed by atoms with E-state index in [0.29, 0.717) is 5.56 Å². The van der Waals surface area contributed by atoms with E-state index in [2.05, 4.69) is 0 Å². The molecule has 0 fully saturated rings. The van der Waals surface area contributed by atoms with Crippen molar-refractivity contribution in [1.29, 1.82) is 0 Å². The summed E-state index contributed by atoms with van der Waals surface area (Å²) in [6, 6.07) is 7.35. The van der Waals surface area contributed by atoms with Crippen LogP contribution in [0.25, 0.3) is 0 Å². The summed E-state index contributed by atoms with van der Waals surface area (Å²) < 4.78 is 4.71. The number of esters is 1. The van der Waals surface area contributed by atoms with Crippen LogP contribution in [0, 0.1) is 0 Å². The van der Waals surface area contributed by atoms with E-state index in [9.17, 15) is 9.59 Å². The molecule has 0 bridgehead atoms. The van der Waals surface area contributed by atoms with Crippen LogP contribution >= 0.6 is 0 Å². The molecule has 92 valence electrons. The molecule has 1 rings (SSSR count). The molecule has 1 aromatic carbocycles. The van der Waals surface area contributed by atoms with Gasteiger partial charge in [0.15, 0.2) is 12.4 Å². The smallest absolute Gasteiger partial charge is 0.326 e. The zero-order chi connectivity index (χ0) is 12.8. The number of ether oxygens (including phenoxy) is 1. The van der Waals surface area contributed by atoms with E-state index in [1.165, 1.54) is 6.92 Å². The van der Waals surface area contributed by atoms with Crippen molar-refractivity contribution in [2.24, 2.45) is 5.73 Å². The van der Waals surface area contributed by atoms with Gasteiger partial charge in [-0.05, 0) is 6.92 Å². The minimum absolute atomic E-state index is 0.309. The third-order valence-corrected chi connectivity index (χ3v) is 2.23. The van der Waals surface area contributed by atoms with Gasteiger partial charge in [-0.3, -0.25) is 9.59 Å². The molecule has 5 heteroatoms.